The molecule has 0 bridgehead atoms. The van der Waals surface area contributed by atoms with Crippen LogP contribution in [0.2, 0.25) is 0 Å². The maximum absolute atomic E-state index is 11.0. The number of carbonyl (C=O) groups is 1. The van der Waals surface area contributed by atoms with E-state index in [-0.39, 0.29) is 6.03 Å². The van der Waals surface area contributed by atoms with Crippen molar-refractivity contribution in [2.75, 3.05) is 0 Å². The van der Waals surface area contributed by atoms with E-state index in [1.54, 1.807) is 6.20 Å². The molecule has 0 fully saturated rings. The highest BCUT2D eigenvalue weighted by Crippen LogP contribution is 2.22. The second kappa shape index (κ2) is 4.37. The van der Waals surface area contributed by atoms with Crippen molar-refractivity contribution in [2.45, 2.75) is 0 Å². The van der Waals surface area contributed by atoms with Crippen LogP contribution in [0.3, 0.4) is 0 Å². The molecule has 0 saturated heterocycles. The molecule has 2 amide bonds. The number of rotatable bonds is 2. The van der Waals surface area contributed by atoms with Crippen LogP contribution in [0.4, 0.5) is 4.79 Å². The van der Waals surface area contributed by atoms with Crippen molar-refractivity contribution < 1.29 is 4.79 Å². The number of urea groups is 1. The van der Waals surface area contributed by atoms with Gasteiger partial charge in [-0.3, -0.25) is 0 Å². The molecule has 1 N–H and O–H groups in total. The van der Waals surface area contributed by atoms with Crippen molar-refractivity contribution in [1.29, 1.82) is 0 Å². The topological polar surface area (TPSA) is 43.2 Å². The first-order valence-electron chi connectivity index (χ1n) is 5.71. The minimum atomic E-state index is -0.308. The first-order valence-corrected chi connectivity index (χ1v) is 5.71. The van der Waals surface area contributed by atoms with Crippen LogP contribution in [0, 0.1) is 0 Å². The largest absolute Gasteiger partial charge is 0.345 e. The number of benzene rings is 2. The zero-order valence-electron chi connectivity index (χ0n) is 9.63. The fourth-order valence-corrected chi connectivity index (χ4v) is 1.92. The van der Waals surface area contributed by atoms with E-state index >= 15 is 0 Å². The van der Waals surface area contributed by atoms with E-state index < -0.39 is 0 Å². The Morgan fingerprint density at radius 3 is 2.00 bits per heavy atom. The summed E-state index contributed by atoms with van der Waals surface area (Å²) in [7, 11) is 0. The summed E-state index contributed by atoms with van der Waals surface area (Å²) in [6, 6.07) is 17.9. The van der Waals surface area contributed by atoms with Crippen molar-refractivity contribution in [3.63, 3.8) is 0 Å². The molecule has 3 heteroatoms. The van der Waals surface area contributed by atoms with Gasteiger partial charge in [0.25, 0.3) is 0 Å². The normalized spacial score (nSPS) is 13.8. The summed E-state index contributed by atoms with van der Waals surface area (Å²) in [5, 5.41) is 6.35. The first kappa shape index (κ1) is 10.6. The number of nitrogens with zero attached hydrogens (tertiary/aromatic N) is 1. The smallest absolute Gasteiger partial charge is 0.304 e. The van der Waals surface area contributed by atoms with Crippen LogP contribution in [0.25, 0.3) is 16.8 Å². The summed E-state index contributed by atoms with van der Waals surface area (Å²) in [6.07, 6.45) is 1.56. The molecule has 0 spiro atoms. The molecule has 1 radical (unpaired) electrons. The maximum Gasteiger partial charge on any atom is 0.345 e. The average Bonchev–Trinajstić information content (AvgIpc) is 2.87. The van der Waals surface area contributed by atoms with E-state index in [2.05, 4.69) is 22.8 Å². The van der Waals surface area contributed by atoms with Gasteiger partial charge in [0.15, 0.2) is 0 Å². The Balaban J connectivity index is 1.88. The van der Waals surface area contributed by atoms with Gasteiger partial charge in [-0.15, -0.1) is 0 Å². The Morgan fingerprint density at radius 1 is 0.778 bits per heavy atom. The molecular formula is C15H11N2O. The van der Waals surface area contributed by atoms with Crippen LogP contribution < -0.4 is 10.6 Å². The Kier molecular flexibility index (Phi) is 2.57. The Hall–Kier alpha value is -2.55. The molecule has 0 unspecified atom stereocenters. The van der Waals surface area contributed by atoms with Gasteiger partial charge in [-0.05, 0) is 16.7 Å². The van der Waals surface area contributed by atoms with Gasteiger partial charge in [-0.1, -0.05) is 54.6 Å². The van der Waals surface area contributed by atoms with Gasteiger partial charge in [-0.2, -0.15) is 5.32 Å². The van der Waals surface area contributed by atoms with Crippen LogP contribution >= 0.6 is 0 Å². The van der Waals surface area contributed by atoms with Crippen molar-refractivity contribution in [3.05, 3.63) is 66.4 Å². The second-order valence-corrected chi connectivity index (χ2v) is 4.05. The van der Waals surface area contributed by atoms with E-state index in [9.17, 15) is 4.79 Å². The summed E-state index contributed by atoms with van der Waals surface area (Å²) in [5.74, 6) is 0. The lowest BCUT2D eigenvalue weighted by Crippen LogP contribution is -2.17. The SMILES string of the molecule is O=C1[N]C=C(c2ccc(-c3ccccc3)cc2)N1. The molecule has 18 heavy (non-hydrogen) atoms. The zero-order valence-corrected chi connectivity index (χ0v) is 9.63. The first-order chi connectivity index (χ1) is 8.83. The summed E-state index contributed by atoms with van der Waals surface area (Å²) in [6.45, 7) is 0. The summed E-state index contributed by atoms with van der Waals surface area (Å²) >= 11 is 0. The van der Waals surface area contributed by atoms with Crippen LogP contribution in [0.5, 0.6) is 0 Å². The minimum Gasteiger partial charge on any atom is -0.304 e. The third-order valence-corrected chi connectivity index (χ3v) is 2.86. The molecule has 0 aromatic heterocycles. The minimum absolute atomic E-state index is 0.308. The summed E-state index contributed by atoms with van der Waals surface area (Å²) in [4.78, 5) is 11.0. The molecule has 3 nitrogen and oxygen atoms in total. The average molecular weight is 235 g/mol. The van der Waals surface area contributed by atoms with Gasteiger partial charge < -0.3 is 5.32 Å². The molecule has 0 aliphatic carbocycles. The van der Waals surface area contributed by atoms with Crippen molar-refractivity contribution >= 4 is 11.7 Å². The van der Waals surface area contributed by atoms with E-state index in [1.165, 1.54) is 5.56 Å². The molecule has 0 atom stereocenters. The van der Waals surface area contributed by atoms with E-state index in [4.69, 9.17) is 0 Å². The molecule has 2 aromatic rings. The number of hydrogen-bond acceptors (Lipinski definition) is 1. The molecule has 0 saturated carbocycles. The van der Waals surface area contributed by atoms with Gasteiger partial charge in [-0.25, -0.2) is 4.79 Å². The fourth-order valence-electron chi connectivity index (χ4n) is 1.92. The van der Waals surface area contributed by atoms with E-state index in [1.807, 2.05) is 42.5 Å². The lowest BCUT2D eigenvalue weighted by atomic mass is 10.0. The molecular weight excluding hydrogens is 224 g/mol. The quantitative estimate of drug-likeness (QED) is 0.854. The van der Waals surface area contributed by atoms with Gasteiger partial charge >= 0.3 is 6.03 Å². The molecule has 1 heterocycles. The second-order valence-electron chi connectivity index (χ2n) is 4.05. The summed E-state index contributed by atoms with van der Waals surface area (Å²) in [5.41, 5.74) is 4.04. The molecule has 1 aliphatic heterocycles. The zero-order chi connectivity index (χ0) is 12.4. The van der Waals surface area contributed by atoms with E-state index in [0.29, 0.717) is 0 Å². The number of nitrogens with one attached hydrogen (secondary N) is 1. The molecule has 2 aromatic carbocycles. The standard InChI is InChI=1S/C15H11N2O/c18-15-16-10-14(17-15)13-8-6-12(7-9-13)11-4-2-1-3-5-11/h1-10H,(H,17,18). The van der Waals surface area contributed by atoms with Crippen molar-refractivity contribution in [3.8, 4) is 11.1 Å². The Bertz CT molecular complexity index is 600. The van der Waals surface area contributed by atoms with Gasteiger partial charge in [0, 0.05) is 0 Å². The lowest BCUT2D eigenvalue weighted by molar-refractivity contribution is 0.249. The Labute approximate surface area is 105 Å². The van der Waals surface area contributed by atoms with Crippen LogP contribution in [0.1, 0.15) is 5.56 Å². The fraction of sp³-hybridized carbons (Fsp3) is 0. The third kappa shape index (κ3) is 1.98. The van der Waals surface area contributed by atoms with Crippen LogP contribution in [-0.4, -0.2) is 6.03 Å². The van der Waals surface area contributed by atoms with E-state index in [0.717, 1.165) is 16.8 Å². The number of carbonyl (C=O) groups excluding carboxylic acids is 1. The molecule has 87 valence electrons. The van der Waals surface area contributed by atoms with Crippen LogP contribution in [0.15, 0.2) is 60.8 Å². The number of amides is 2. The van der Waals surface area contributed by atoms with Crippen molar-refractivity contribution in [2.24, 2.45) is 0 Å². The molecule has 3 rings (SSSR count). The highest BCUT2D eigenvalue weighted by molar-refractivity contribution is 5.91. The molecule has 1 aliphatic rings. The lowest BCUT2D eigenvalue weighted by Gasteiger charge is -2.04. The van der Waals surface area contributed by atoms with Crippen LogP contribution in [-0.2, 0) is 0 Å². The van der Waals surface area contributed by atoms with Gasteiger partial charge in [0.1, 0.15) is 0 Å². The summed E-state index contributed by atoms with van der Waals surface area (Å²) < 4.78 is 0. The monoisotopic (exact) mass is 235 g/mol. The van der Waals surface area contributed by atoms with Crippen molar-refractivity contribution in [1.82, 2.24) is 10.6 Å². The van der Waals surface area contributed by atoms with Gasteiger partial charge in [0.05, 0.1) is 11.9 Å². The number of hydrogen-bond donors (Lipinski definition) is 1. The maximum atomic E-state index is 11.0. The third-order valence-electron chi connectivity index (χ3n) is 2.86. The predicted molar refractivity (Wildman–Crippen MR) is 70.5 cm³/mol. The highest BCUT2D eigenvalue weighted by Gasteiger charge is 2.13. The highest BCUT2D eigenvalue weighted by atomic mass is 16.2. The van der Waals surface area contributed by atoms with Gasteiger partial charge in [0.2, 0.25) is 0 Å². The predicted octanol–water partition coefficient (Wildman–Crippen LogP) is 2.98. The Morgan fingerprint density at radius 2 is 1.39 bits per heavy atom.